The third-order valence-electron chi connectivity index (χ3n) is 3.99. The van der Waals surface area contributed by atoms with Gasteiger partial charge in [0, 0.05) is 0 Å². The molecule has 1 aliphatic rings. The fourth-order valence-electron chi connectivity index (χ4n) is 2.86. The molecule has 2 aromatic carbocycles. The van der Waals surface area contributed by atoms with Gasteiger partial charge in [-0.2, -0.15) is 0 Å². The first-order valence-corrected chi connectivity index (χ1v) is 8.81. The summed E-state index contributed by atoms with van der Waals surface area (Å²) >= 11 is 0. The van der Waals surface area contributed by atoms with Crippen molar-refractivity contribution in [1.82, 2.24) is 0 Å². The lowest BCUT2D eigenvalue weighted by Crippen LogP contribution is -2.15. The number of rotatable bonds is 3. The van der Waals surface area contributed by atoms with Gasteiger partial charge in [0.05, 0.1) is 5.66 Å². The van der Waals surface area contributed by atoms with Crippen LogP contribution in [0.5, 0.6) is 5.75 Å². The lowest BCUT2D eigenvalue weighted by molar-refractivity contribution is 0.343. The Morgan fingerprint density at radius 3 is 2.45 bits per heavy atom. The second-order valence-electron chi connectivity index (χ2n) is 5.46. The smallest absolute Gasteiger partial charge is 0.379 e. The minimum Gasteiger partial charge on any atom is -0.424 e. The summed E-state index contributed by atoms with van der Waals surface area (Å²) in [6.45, 7) is 0. The lowest BCUT2D eigenvalue weighted by atomic mass is 10.0. The van der Waals surface area contributed by atoms with E-state index in [0.29, 0.717) is 5.75 Å². The summed E-state index contributed by atoms with van der Waals surface area (Å²) < 4.78 is 17.9. The second-order valence-corrected chi connectivity index (χ2v) is 7.50. The number of hydrogen-bond acceptors (Lipinski definition) is 2. The topological polar surface area (TPSA) is 46.5 Å². The van der Waals surface area contributed by atoms with Gasteiger partial charge in [-0.15, -0.1) is 0 Å². The maximum absolute atomic E-state index is 12.4. The van der Waals surface area contributed by atoms with E-state index in [0.717, 1.165) is 42.9 Å². The zero-order valence-corrected chi connectivity index (χ0v) is 12.3. The van der Waals surface area contributed by atoms with Crippen molar-refractivity contribution < 1.29 is 14.0 Å². The maximum Gasteiger partial charge on any atom is 0.379 e. The van der Waals surface area contributed by atoms with Crippen LogP contribution in [0.4, 0.5) is 0 Å². The van der Waals surface area contributed by atoms with Crippen molar-refractivity contribution >= 4 is 18.4 Å². The molecule has 2 aromatic rings. The van der Waals surface area contributed by atoms with Crippen LogP contribution in [0.3, 0.4) is 0 Å². The molecule has 3 rings (SSSR count). The Balaban J connectivity index is 1.82. The Kier molecular flexibility index (Phi) is 3.82. The molecule has 0 heterocycles. The predicted octanol–water partition coefficient (Wildman–Crippen LogP) is 4.74. The van der Waals surface area contributed by atoms with E-state index < -0.39 is 7.60 Å². The zero-order valence-electron chi connectivity index (χ0n) is 11.4. The molecule has 4 heteroatoms. The summed E-state index contributed by atoms with van der Waals surface area (Å²) in [5.41, 5.74) is -0.206. The quantitative estimate of drug-likeness (QED) is 0.831. The van der Waals surface area contributed by atoms with Gasteiger partial charge in [-0.25, -0.2) is 4.57 Å². The molecule has 0 aromatic heterocycles. The molecule has 0 spiro atoms. The van der Waals surface area contributed by atoms with Gasteiger partial charge >= 0.3 is 7.60 Å². The van der Waals surface area contributed by atoms with E-state index in [1.807, 2.05) is 36.4 Å². The lowest BCUT2D eigenvalue weighted by Gasteiger charge is -2.26. The monoisotopic (exact) mass is 290 g/mol. The Hall–Kier alpha value is -1.31. The second kappa shape index (κ2) is 5.59. The highest BCUT2D eigenvalue weighted by atomic mass is 31.2. The number of fused-ring (bicyclic) bond motifs is 1. The van der Waals surface area contributed by atoms with Crippen LogP contribution >= 0.6 is 7.60 Å². The molecule has 0 bridgehead atoms. The third-order valence-corrected chi connectivity index (χ3v) is 5.90. The molecular formula is C16H19O3P. The van der Waals surface area contributed by atoms with E-state index in [4.69, 9.17) is 4.52 Å². The summed E-state index contributed by atoms with van der Waals surface area (Å²) in [5.74, 6) is 0.486. The fourth-order valence-corrected chi connectivity index (χ4v) is 4.44. The van der Waals surface area contributed by atoms with Crippen LogP contribution in [-0.2, 0) is 4.57 Å². The largest absolute Gasteiger partial charge is 0.424 e. The number of hydrogen-bond donors (Lipinski definition) is 1. The molecule has 0 radical (unpaired) electrons. The van der Waals surface area contributed by atoms with Gasteiger partial charge in [0.15, 0.2) is 0 Å². The Morgan fingerprint density at radius 2 is 1.70 bits per heavy atom. The minimum absolute atomic E-state index is 0.206. The summed E-state index contributed by atoms with van der Waals surface area (Å²) in [4.78, 5) is 10.2. The van der Waals surface area contributed by atoms with E-state index in [2.05, 4.69) is 0 Å². The van der Waals surface area contributed by atoms with Crippen LogP contribution in [0.15, 0.2) is 42.5 Å². The van der Waals surface area contributed by atoms with Crippen molar-refractivity contribution in [3.8, 4) is 5.75 Å². The normalized spacial score (nSPS) is 19.6. The predicted molar refractivity (Wildman–Crippen MR) is 81.3 cm³/mol. The Bertz CT molecular complexity index is 647. The van der Waals surface area contributed by atoms with Crippen LogP contribution in [0.25, 0.3) is 10.8 Å². The first kappa shape index (κ1) is 13.7. The van der Waals surface area contributed by atoms with E-state index in [1.54, 1.807) is 6.07 Å². The van der Waals surface area contributed by atoms with Crippen molar-refractivity contribution in [2.75, 3.05) is 0 Å². The molecule has 1 fully saturated rings. The van der Waals surface area contributed by atoms with Crippen molar-refractivity contribution in [3.63, 3.8) is 0 Å². The molecule has 3 nitrogen and oxygen atoms in total. The zero-order chi connectivity index (χ0) is 14.0. The summed E-state index contributed by atoms with van der Waals surface area (Å²) in [7, 11) is -3.57. The average Bonchev–Trinajstić information content (AvgIpc) is 2.48. The molecule has 1 N–H and O–H groups in total. The SMILES string of the molecule is O=P(O)(Oc1ccc2ccccc2c1)C1CCCCC1. The van der Waals surface area contributed by atoms with E-state index >= 15 is 0 Å². The first-order chi connectivity index (χ1) is 9.65. The molecule has 1 atom stereocenters. The molecule has 106 valence electrons. The standard InChI is InChI=1S/C16H19O3P/c17-20(18,16-8-2-1-3-9-16)19-15-11-10-13-6-4-5-7-14(13)12-15/h4-7,10-12,16H,1-3,8-9H2,(H,17,18). The van der Waals surface area contributed by atoms with Crippen LogP contribution in [0.2, 0.25) is 0 Å². The number of benzene rings is 2. The van der Waals surface area contributed by atoms with E-state index in [1.165, 1.54) is 0 Å². The van der Waals surface area contributed by atoms with Gasteiger partial charge in [-0.1, -0.05) is 49.6 Å². The first-order valence-electron chi connectivity index (χ1n) is 7.16. The highest BCUT2D eigenvalue weighted by Gasteiger charge is 2.34. The van der Waals surface area contributed by atoms with Crippen LogP contribution in [0.1, 0.15) is 32.1 Å². The molecule has 1 aliphatic carbocycles. The molecule has 1 unspecified atom stereocenters. The Labute approximate surface area is 119 Å². The average molecular weight is 290 g/mol. The van der Waals surface area contributed by atoms with Crippen molar-refractivity contribution in [2.45, 2.75) is 37.8 Å². The van der Waals surface area contributed by atoms with Gasteiger partial charge < -0.3 is 9.42 Å². The molecule has 0 aliphatic heterocycles. The van der Waals surface area contributed by atoms with Gasteiger partial charge in [-0.05, 0) is 35.7 Å². The van der Waals surface area contributed by atoms with Gasteiger partial charge in [0.1, 0.15) is 5.75 Å². The summed E-state index contributed by atoms with van der Waals surface area (Å²) in [6.07, 6.45) is 4.79. The minimum atomic E-state index is -3.57. The molecule has 0 saturated heterocycles. The van der Waals surface area contributed by atoms with Crippen LogP contribution in [0, 0.1) is 0 Å². The van der Waals surface area contributed by atoms with Crippen molar-refractivity contribution in [2.24, 2.45) is 0 Å². The van der Waals surface area contributed by atoms with Gasteiger partial charge in [0.2, 0.25) is 0 Å². The highest BCUT2D eigenvalue weighted by molar-refractivity contribution is 7.54. The van der Waals surface area contributed by atoms with E-state index in [9.17, 15) is 9.46 Å². The Morgan fingerprint density at radius 1 is 1.00 bits per heavy atom. The van der Waals surface area contributed by atoms with Crippen molar-refractivity contribution in [1.29, 1.82) is 0 Å². The molecular weight excluding hydrogens is 271 g/mol. The summed E-state index contributed by atoms with van der Waals surface area (Å²) in [6, 6.07) is 13.4. The molecule has 20 heavy (non-hydrogen) atoms. The summed E-state index contributed by atoms with van der Waals surface area (Å²) in [5, 5.41) is 2.12. The van der Waals surface area contributed by atoms with Gasteiger partial charge in [0.25, 0.3) is 0 Å². The van der Waals surface area contributed by atoms with Crippen LogP contribution < -0.4 is 4.52 Å². The van der Waals surface area contributed by atoms with Gasteiger partial charge in [-0.3, -0.25) is 0 Å². The molecule has 0 amide bonds. The third kappa shape index (κ3) is 2.89. The van der Waals surface area contributed by atoms with Crippen molar-refractivity contribution in [3.05, 3.63) is 42.5 Å². The highest BCUT2D eigenvalue weighted by Crippen LogP contribution is 2.52. The van der Waals surface area contributed by atoms with E-state index in [-0.39, 0.29) is 5.66 Å². The maximum atomic E-state index is 12.4. The fraction of sp³-hybridized carbons (Fsp3) is 0.375. The molecule has 1 saturated carbocycles. The van der Waals surface area contributed by atoms with Crippen LogP contribution in [-0.4, -0.2) is 10.6 Å².